The van der Waals surface area contributed by atoms with Crippen molar-refractivity contribution in [2.45, 2.75) is 26.8 Å². The molecule has 0 atom stereocenters. The molecule has 2 rings (SSSR count). The van der Waals surface area contributed by atoms with E-state index >= 15 is 0 Å². The molecule has 1 aromatic carbocycles. The second kappa shape index (κ2) is 5.72. The summed E-state index contributed by atoms with van der Waals surface area (Å²) < 4.78 is 7.52. The van der Waals surface area contributed by atoms with Crippen molar-refractivity contribution in [3.63, 3.8) is 0 Å². The first-order chi connectivity index (χ1) is 9.04. The topological polar surface area (TPSA) is 53.1 Å². The van der Waals surface area contributed by atoms with E-state index < -0.39 is 0 Å². The van der Waals surface area contributed by atoms with Gasteiger partial charge in [-0.1, -0.05) is 36.2 Å². The number of hydrogen-bond donors (Lipinski definition) is 1. The number of anilines is 1. The van der Waals surface area contributed by atoms with Crippen LogP contribution < -0.4 is 10.5 Å². The maximum absolute atomic E-state index is 6.10. The van der Waals surface area contributed by atoms with Crippen LogP contribution in [0.15, 0.2) is 18.2 Å². The number of halogens is 2. The van der Waals surface area contributed by atoms with E-state index in [1.807, 2.05) is 6.92 Å². The van der Waals surface area contributed by atoms with E-state index in [-0.39, 0.29) is 0 Å². The minimum absolute atomic E-state index is 0.366. The highest BCUT2D eigenvalue weighted by atomic mass is 35.5. The van der Waals surface area contributed by atoms with Crippen LogP contribution in [0.5, 0.6) is 11.6 Å². The summed E-state index contributed by atoms with van der Waals surface area (Å²) in [7, 11) is 0. The number of ether oxygens (including phenoxy) is 1. The molecule has 0 saturated carbocycles. The fraction of sp³-hybridized carbons (Fsp3) is 0.308. The summed E-state index contributed by atoms with van der Waals surface area (Å²) in [5.74, 6) is 0.974. The normalized spacial score (nSPS) is 10.7. The van der Waals surface area contributed by atoms with E-state index in [4.69, 9.17) is 33.7 Å². The molecule has 0 saturated heterocycles. The third kappa shape index (κ3) is 2.80. The summed E-state index contributed by atoms with van der Waals surface area (Å²) in [5, 5.41) is 5.15. The summed E-state index contributed by atoms with van der Waals surface area (Å²) in [4.78, 5) is 0. The molecule has 0 radical (unpaired) electrons. The largest absolute Gasteiger partial charge is 0.436 e. The fourth-order valence-electron chi connectivity index (χ4n) is 1.71. The van der Waals surface area contributed by atoms with Crippen molar-refractivity contribution in [1.82, 2.24) is 9.78 Å². The van der Waals surface area contributed by atoms with Gasteiger partial charge >= 0.3 is 0 Å². The number of hydrogen-bond acceptors (Lipinski definition) is 3. The van der Waals surface area contributed by atoms with Gasteiger partial charge in [0.05, 0.1) is 10.7 Å². The molecule has 4 nitrogen and oxygen atoms in total. The molecule has 0 amide bonds. The molecule has 19 heavy (non-hydrogen) atoms. The Hall–Kier alpha value is -1.39. The fourth-order valence-corrected chi connectivity index (χ4v) is 2.04. The highest BCUT2D eigenvalue weighted by Gasteiger charge is 2.16. The molecule has 6 heteroatoms. The third-order valence-electron chi connectivity index (χ3n) is 2.68. The molecule has 0 aliphatic rings. The summed E-state index contributed by atoms with van der Waals surface area (Å²) in [6, 6.07) is 5.22. The Labute approximate surface area is 122 Å². The van der Waals surface area contributed by atoms with Crippen LogP contribution in [0.1, 0.15) is 19.0 Å². The van der Waals surface area contributed by atoms with Crippen LogP contribution in [0.2, 0.25) is 10.0 Å². The molecule has 1 aromatic heterocycles. The van der Waals surface area contributed by atoms with Crippen LogP contribution in [0.25, 0.3) is 0 Å². The van der Waals surface area contributed by atoms with Crippen molar-refractivity contribution < 1.29 is 4.74 Å². The standard InChI is InChI=1S/C13H15Cl2N3O/c1-3-7-18-13(12(16)8(2)17-18)19-10-6-4-5-9(14)11(10)15/h4-6H,3,7,16H2,1-2H3. The summed E-state index contributed by atoms with van der Waals surface area (Å²) in [6.07, 6.45) is 0.931. The maximum atomic E-state index is 6.10. The van der Waals surface area contributed by atoms with Crippen molar-refractivity contribution >= 4 is 28.9 Å². The monoisotopic (exact) mass is 299 g/mol. The molecule has 0 unspecified atom stereocenters. The van der Waals surface area contributed by atoms with Gasteiger partial charge in [0.15, 0.2) is 0 Å². The zero-order valence-corrected chi connectivity index (χ0v) is 12.3. The van der Waals surface area contributed by atoms with Crippen molar-refractivity contribution in [2.75, 3.05) is 5.73 Å². The predicted octanol–water partition coefficient (Wildman–Crippen LogP) is 4.28. The molecule has 0 aliphatic heterocycles. The van der Waals surface area contributed by atoms with Gasteiger partial charge in [0.25, 0.3) is 0 Å². The lowest BCUT2D eigenvalue weighted by molar-refractivity contribution is 0.410. The number of aryl methyl sites for hydroxylation is 2. The van der Waals surface area contributed by atoms with Crippen molar-refractivity contribution in [2.24, 2.45) is 0 Å². The van der Waals surface area contributed by atoms with E-state index in [2.05, 4.69) is 12.0 Å². The average molecular weight is 300 g/mol. The van der Waals surface area contributed by atoms with Gasteiger partial charge in [-0.15, -0.1) is 0 Å². The highest BCUT2D eigenvalue weighted by Crippen LogP contribution is 2.37. The van der Waals surface area contributed by atoms with Crippen LogP contribution in [0.3, 0.4) is 0 Å². The van der Waals surface area contributed by atoms with Crippen LogP contribution >= 0.6 is 23.2 Å². The van der Waals surface area contributed by atoms with Gasteiger partial charge in [0.1, 0.15) is 16.5 Å². The predicted molar refractivity (Wildman–Crippen MR) is 78.2 cm³/mol. The smallest absolute Gasteiger partial charge is 0.241 e. The lowest BCUT2D eigenvalue weighted by Gasteiger charge is -2.10. The van der Waals surface area contributed by atoms with Crippen molar-refractivity contribution in [1.29, 1.82) is 0 Å². The Kier molecular flexibility index (Phi) is 4.22. The molecule has 102 valence electrons. The number of aromatic nitrogens is 2. The van der Waals surface area contributed by atoms with Gasteiger partial charge in [-0.25, -0.2) is 4.68 Å². The molecule has 1 heterocycles. The second-order valence-electron chi connectivity index (χ2n) is 4.18. The number of nitrogens with two attached hydrogens (primary N) is 1. The van der Waals surface area contributed by atoms with Gasteiger partial charge in [-0.3, -0.25) is 0 Å². The summed E-state index contributed by atoms with van der Waals surface area (Å²) >= 11 is 12.1. The Bertz CT molecular complexity index is 596. The summed E-state index contributed by atoms with van der Waals surface area (Å²) in [5.41, 5.74) is 7.24. The minimum Gasteiger partial charge on any atom is -0.436 e. The van der Waals surface area contributed by atoms with Crippen molar-refractivity contribution in [3.8, 4) is 11.6 Å². The van der Waals surface area contributed by atoms with Crippen LogP contribution in [-0.4, -0.2) is 9.78 Å². The quantitative estimate of drug-likeness (QED) is 0.916. The Morgan fingerprint density at radius 1 is 1.37 bits per heavy atom. The van der Waals surface area contributed by atoms with Gasteiger partial charge in [0, 0.05) is 6.54 Å². The van der Waals surface area contributed by atoms with E-state index in [1.54, 1.807) is 22.9 Å². The van der Waals surface area contributed by atoms with E-state index in [9.17, 15) is 0 Å². The molecular formula is C13H15Cl2N3O. The molecule has 0 aliphatic carbocycles. The van der Waals surface area contributed by atoms with E-state index in [0.29, 0.717) is 27.4 Å². The molecule has 0 fully saturated rings. The van der Waals surface area contributed by atoms with E-state index in [0.717, 1.165) is 18.7 Å². The lowest BCUT2D eigenvalue weighted by atomic mass is 10.3. The molecule has 0 spiro atoms. The SMILES string of the molecule is CCCn1nc(C)c(N)c1Oc1cccc(Cl)c1Cl. The van der Waals surface area contributed by atoms with Gasteiger partial charge in [-0.2, -0.15) is 5.10 Å². The Morgan fingerprint density at radius 3 is 2.79 bits per heavy atom. The van der Waals surface area contributed by atoms with Crippen LogP contribution in [0.4, 0.5) is 5.69 Å². The number of benzene rings is 1. The first-order valence-electron chi connectivity index (χ1n) is 5.99. The average Bonchev–Trinajstić information content (AvgIpc) is 2.63. The summed E-state index contributed by atoms with van der Waals surface area (Å²) in [6.45, 7) is 4.63. The molecular weight excluding hydrogens is 285 g/mol. The number of nitrogen functional groups attached to an aromatic ring is 1. The van der Waals surface area contributed by atoms with Crippen LogP contribution in [0, 0.1) is 6.92 Å². The zero-order chi connectivity index (χ0) is 14.0. The van der Waals surface area contributed by atoms with Crippen LogP contribution in [-0.2, 0) is 6.54 Å². The molecule has 2 N–H and O–H groups in total. The number of nitrogens with zero attached hydrogens (tertiary/aromatic N) is 2. The van der Waals surface area contributed by atoms with E-state index in [1.165, 1.54) is 0 Å². The first kappa shape index (κ1) is 14.0. The Balaban J connectivity index is 2.40. The van der Waals surface area contributed by atoms with Gasteiger partial charge in [-0.05, 0) is 25.5 Å². The molecule has 2 aromatic rings. The zero-order valence-electron chi connectivity index (χ0n) is 10.8. The number of rotatable bonds is 4. The second-order valence-corrected chi connectivity index (χ2v) is 4.97. The minimum atomic E-state index is 0.366. The van der Waals surface area contributed by atoms with Gasteiger partial charge < -0.3 is 10.5 Å². The Morgan fingerprint density at radius 2 is 2.11 bits per heavy atom. The lowest BCUT2D eigenvalue weighted by Crippen LogP contribution is -2.02. The van der Waals surface area contributed by atoms with Gasteiger partial charge in [0.2, 0.25) is 5.88 Å². The first-order valence-corrected chi connectivity index (χ1v) is 6.75. The molecule has 0 bridgehead atoms. The van der Waals surface area contributed by atoms with Crippen molar-refractivity contribution in [3.05, 3.63) is 33.9 Å². The third-order valence-corrected chi connectivity index (χ3v) is 3.49. The highest BCUT2D eigenvalue weighted by molar-refractivity contribution is 6.42. The maximum Gasteiger partial charge on any atom is 0.241 e.